The van der Waals surface area contributed by atoms with Crippen molar-refractivity contribution in [3.8, 4) is 0 Å². The second-order valence-electron chi connectivity index (χ2n) is 8.32. The third-order valence-electron chi connectivity index (χ3n) is 5.73. The Morgan fingerprint density at radius 3 is 2.76 bits per heavy atom. The largest absolute Gasteiger partial charge is 0.393 e. The summed E-state index contributed by atoms with van der Waals surface area (Å²) < 4.78 is 42.2. The number of hydrogen-bond acceptors (Lipinski definition) is 6. The van der Waals surface area contributed by atoms with E-state index in [-0.39, 0.29) is 17.5 Å². The standard InChI is InChI=1S/C23H27F3N6S/c1-15-10-21(33-31-15)28-13-18-11-20(18)29-14-30-22-19(4-3-9-32(22)27-2)17-7-5-16(6-8-17)12-23(24,25)26/h5-8,10,13,19-20,28-29H,2-4,9,11-12,14H2,1H3/b18-13+,30-22-. The minimum atomic E-state index is -4.21. The van der Waals surface area contributed by atoms with E-state index in [1.165, 1.54) is 17.1 Å². The summed E-state index contributed by atoms with van der Waals surface area (Å²) in [5, 5.41) is 13.6. The average Bonchev–Trinajstić information content (AvgIpc) is 3.40. The van der Waals surface area contributed by atoms with Gasteiger partial charge in [0.05, 0.1) is 18.8 Å². The van der Waals surface area contributed by atoms with Crippen molar-refractivity contribution in [2.75, 3.05) is 18.5 Å². The fraction of sp³-hybridized carbons (Fsp3) is 0.435. The van der Waals surface area contributed by atoms with E-state index in [0.717, 1.165) is 47.9 Å². The Balaban J connectivity index is 1.38. The minimum Gasteiger partial charge on any atom is -0.352 e. The van der Waals surface area contributed by atoms with Gasteiger partial charge in [0, 0.05) is 31.4 Å². The Morgan fingerprint density at radius 2 is 2.09 bits per heavy atom. The van der Waals surface area contributed by atoms with Crippen LogP contribution in [0.2, 0.25) is 0 Å². The van der Waals surface area contributed by atoms with Crippen molar-refractivity contribution in [1.29, 1.82) is 0 Å². The molecule has 10 heteroatoms. The normalized spacial score (nSPS) is 23.2. The number of halogens is 3. The third kappa shape index (κ3) is 6.42. The van der Waals surface area contributed by atoms with Crippen molar-refractivity contribution in [3.63, 3.8) is 0 Å². The highest BCUT2D eigenvalue weighted by Crippen LogP contribution is 2.32. The summed E-state index contributed by atoms with van der Waals surface area (Å²) in [6, 6.07) is 8.94. The van der Waals surface area contributed by atoms with Gasteiger partial charge < -0.3 is 5.32 Å². The van der Waals surface area contributed by atoms with E-state index < -0.39 is 12.6 Å². The molecule has 0 amide bonds. The molecule has 2 atom stereocenters. The first kappa shape index (κ1) is 23.4. The van der Waals surface area contributed by atoms with Crippen LogP contribution in [-0.4, -0.2) is 47.4 Å². The number of alkyl halides is 3. The molecule has 2 heterocycles. The summed E-state index contributed by atoms with van der Waals surface area (Å²) in [5.74, 6) is 0.785. The first-order valence-corrected chi connectivity index (χ1v) is 11.7. The van der Waals surface area contributed by atoms with Gasteiger partial charge in [-0.2, -0.15) is 22.6 Å². The van der Waals surface area contributed by atoms with Gasteiger partial charge in [-0.25, -0.2) is 0 Å². The van der Waals surface area contributed by atoms with E-state index in [0.29, 0.717) is 6.67 Å². The summed E-state index contributed by atoms with van der Waals surface area (Å²) in [4.78, 5) is 4.77. The van der Waals surface area contributed by atoms with E-state index in [9.17, 15) is 13.2 Å². The zero-order chi connectivity index (χ0) is 23.4. The van der Waals surface area contributed by atoms with Crippen molar-refractivity contribution >= 4 is 29.1 Å². The molecule has 1 aliphatic carbocycles. The lowest BCUT2D eigenvalue weighted by Gasteiger charge is -2.32. The number of aliphatic imine (C=N–C) groups is 1. The van der Waals surface area contributed by atoms with Crippen LogP contribution in [0.25, 0.3) is 0 Å². The molecule has 4 rings (SSSR count). The van der Waals surface area contributed by atoms with Gasteiger partial charge in [-0.05, 0) is 60.5 Å². The number of hydrazone groups is 1. The van der Waals surface area contributed by atoms with E-state index in [2.05, 4.69) is 26.8 Å². The van der Waals surface area contributed by atoms with E-state index >= 15 is 0 Å². The number of benzene rings is 1. The molecule has 1 aromatic carbocycles. The van der Waals surface area contributed by atoms with Gasteiger partial charge in [0.2, 0.25) is 0 Å². The molecule has 0 bridgehead atoms. The summed E-state index contributed by atoms with van der Waals surface area (Å²) in [6.07, 6.45) is -0.364. The highest BCUT2D eigenvalue weighted by Gasteiger charge is 2.31. The van der Waals surface area contributed by atoms with Crippen molar-refractivity contribution in [1.82, 2.24) is 14.7 Å². The van der Waals surface area contributed by atoms with Gasteiger partial charge in [-0.1, -0.05) is 24.3 Å². The Bertz CT molecular complexity index is 1030. The number of anilines is 1. The predicted octanol–water partition coefficient (Wildman–Crippen LogP) is 5.07. The van der Waals surface area contributed by atoms with Gasteiger partial charge in [-0.15, -0.1) is 0 Å². The number of nitrogens with one attached hydrogen (secondary N) is 2. The number of piperidine rings is 1. The van der Waals surface area contributed by atoms with Gasteiger partial charge in [0.1, 0.15) is 10.8 Å². The van der Waals surface area contributed by atoms with Crippen LogP contribution < -0.4 is 10.6 Å². The van der Waals surface area contributed by atoms with Crippen molar-refractivity contribution < 1.29 is 13.2 Å². The van der Waals surface area contributed by atoms with Crippen LogP contribution in [0.1, 0.15) is 42.0 Å². The maximum atomic E-state index is 12.7. The summed E-state index contributed by atoms with van der Waals surface area (Å²) >= 11 is 1.44. The second kappa shape index (κ2) is 10.0. The van der Waals surface area contributed by atoms with Crippen molar-refractivity contribution in [2.24, 2.45) is 10.1 Å². The Morgan fingerprint density at radius 1 is 1.30 bits per heavy atom. The Hall–Kier alpha value is -2.72. The van der Waals surface area contributed by atoms with Gasteiger partial charge in [-0.3, -0.25) is 15.3 Å². The lowest BCUT2D eigenvalue weighted by molar-refractivity contribution is -0.127. The summed E-state index contributed by atoms with van der Waals surface area (Å²) in [6.45, 7) is 6.80. The lowest BCUT2D eigenvalue weighted by atomic mass is 9.89. The van der Waals surface area contributed by atoms with Gasteiger partial charge >= 0.3 is 6.18 Å². The number of aryl methyl sites for hydroxylation is 1. The first-order chi connectivity index (χ1) is 15.8. The van der Waals surface area contributed by atoms with E-state index in [4.69, 9.17) is 4.99 Å². The topological polar surface area (TPSA) is 64.9 Å². The van der Waals surface area contributed by atoms with Crippen LogP contribution in [0.5, 0.6) is 0 Å². The third-order valence-corrected chi connectivity index (χ3v) is 6.54. The molecule has 2 unspecified atom stereocenters. The molecule has 33 heavy (non-hydrogen) atoms. The zero-order valence-corrected chi connectivity index (χ0v) is 19.2. The van der Waals surface area contributed by atoms with Crippen LogP contribution in [0.4, 0.5) is 18.2 Å². The molecule has 1 aromatic heterocycles. The molecule has 6 nitrogen and oxygen atoms in total. The van der Waals surface area contributed by atoms with E-state index in [1.54, 1.807) is 29.3 Å². The smallest absolute Gasteiger partial charge is 0.352 e. The maximum Gasteiger partial charge on any atom is 0.393 e. The maximum absolute atomic E-state index is 12.7. The second-order valence-corrected chi connectivity index (χ2v) is 9.13. The molecule has 0 radical (unpaired) electrons. The molecule has 2 N–H and O–H groups in total. The highest BCUT2D eigenvalue weighted by atomic mass is 32.1. The minimum absolute atomic E-state index is 0.0172. The summed E-state index contributed by atoms with van der Waals surface area (Å²) in [7, 11) is 0. The van der Waals surface area contributed by atoms with Crippen molar-refractivity contribution in [3.05, 3.63) is 58.9 Å². The molecule has 1 aliphatic heterocycles. The molecule has 1 saturated heterocycles. The Kier molecular flexibility index (Phi) is 7.14. The number of hydrogen-bond donors (Lipinski definition) is 2. The summed E-state index contributed by atoms with van der Waals surface area (Å²) in [5.41, 5.74) is 3.49. The van der Waals surface area contributed by atoms with Crippen LogP contribution >= 0.6 is 11.5 Å². The molecule has 2 aliphatic rings. The van der Waals surface area contributed by atoms with Crippen LogP contribution in [-0.2, 0) is 6.42 Å². The molecule has 176 valence electrons. The quantitative estimate of drug-likeness (QED) is 0.523. The fourth-order valence-electron chi connectivity index (χ4n) is 3.99. The van der Waals surface area contributed by atoms with Crippen molar-refractivity contribution in [2.45, 2.75) is 50.7 Å². The van der Waals surface area contributed by atoms with Gasteiger partial charge in [0.15, 0.2) is 0 Å². The molecule has 0 spiro atoms. The van der Waals surface area contributed by atoms with E-state index in [1.807, 2.05) is 19.2 Å². The average molecular weight is 477 g/mol. The first-order valence-electron chi connectivity index (χ1n) is 10.9. The molecule has 2 aromatic rings. The Labute approximate surface area is 195 Å². The number of nitrogens with zero attached hydrogens (tertiary/aromatic N) is 4. The molecule has 1 saturated carbocycles. The van der Waals surface area contributed by atoms with Gasteiger partial charge in [0.25, 0.3) is 0 Å². The highest BCUT2D eigenvalue weighted by molar-refractivity contribution is 7.10. The van der Waals surface area contributed by atoms with Crippen LogP contribution in [0.3, 0.4) is 0 Å². The number of aromatic nitrogens is 1. The fourth-order valence-corrected chi connectivity index (χ4v) is 4.62. The number of amidine groups is 1. The molecule has 2 fully saturated rings. The lowest BCUT2D eigenvalue weighted by Crippen LogP contribution is -2.37. The van der Waals surface area contributed by atoms with Crippen LogP contribution in [0, 0.1) is 6.92 Å². The molecular weight excluding hydrogens is 449 g/mol. The SMILES string of the molecule is C=NN1CCCC(c2ccc(CC(F)(F)F)cc2)/C1=N/CNC1C/C1=C\Nc1cc(C)ns1. The molecular formula is C23H27F3N6S. The number of rotatable bonds is 8. The zero-order valence-electron chi connectivity index (χ0n) is 18.4. The monoisotopic (exact) mass is 476 g/mol. The van der Waals surface area contributed by atoms with Crippen LogP contribution in [0.15, 0.2) is 52.2 Å². The predicted molar refractivity (Wildman–Crippen MR) is 127 cm³/mol.